The molecule has 8 heteroatoms. The maximum Gasteiger partial charge on any atom is 0.322 e. The molecular formula is C15H15F3N4O. The summed E-state index contributed by atoms with van der Waals surface area (Å²) in [7, 11) is 0. The second-order valence-electron chi connectivity index (χ2n) is 5.37. The standard InChI is InChI=1S/C15H15F3N4O/c16-11-4-5-12(14(18)13(11)17)20-15(23)22-8-1-3-10(22)9-21-7-2-6-19-21/h2,4-7,10H,1,3,8-9H2,(H,20,23)/t10-/m1/s1. The number of amides is 2. The molecule has 1 atom stereocenters. The van der Waals surface area contributed by atoms with E-state index in [0.717, 1.165) is 25.0 Å². The number of halogens is 3. The van der Waals surface area contributed by atoms with Crippen molar-refractivity contribution in [3.05, 3.63) is 48.0 Å². The number of rotatable bonds is 3. The van der Waals surface area contributed by atoms with E-state index in [1.165, 1.54) is 0 Å². The molecule has 1 fully saturated rings. The number of hydrogen-bond donors (Lipinski definition) is 1. The summed E-state index contributed by atoms with van der Waals surface area (Å²) in [5, 5.41) is 6.41. The second kappa shape index (κ2) is 6.31. The highest BCUT2D eigenvalue weighted by molar-refractivity contribution is 5.89. The van der Waals surface area contributed by atoms with E-state index in [9.17, 15) is 18.0 Å². The minimum absolute atomic E-state index is 0.0803. The van der Waals surface area contributed by atoms with Crippen LogP contribution in [0.5, 0.6) is 0 Å². The molecule has 0 saturated carbocycles. The van der Waals surface area contributed by atoms with Gasteiger partial charge in [-0.1, -0.05) is 0 Å². The van der Waals surface area contributed by atoms with Crippen molar-refractivity contribution in [2.24, 2.45) is 0 Å². The van der Waals surface area contributed by atoms with Crippen molar-refractivity contribution in [1.29, 1.82) is 0 Å². The van der Waals surface area contributed by atoms with Gasteiger partial charge >= 0.3 is 6.03 Å². The molecule has 1 aliphatic rings. The van der Waals surface area contributed by atoms with E-state index in [4.69, 9.17) is 0 Å². The Hall–Kier alpha value is -2.51. The fraction of sp³-hybridized carbons (Fsp3) is 0.333. The first-order chi connectivity index (χ1) is 11.1. The summed E-state index contributed by atoms with van der Waals surface area (Å²) >= 11 is 0. The minimum atomic E-state index is -1.60. The van der Waals surface area contributed by atoms with Crippen LogP contribution in [0.1, 0.15) is 12.8 Å². The van der Waals surface area contributed by atoms with Gasteiger partial charge in [0.05, 0.1) is 18.3 Å². The van der Waals surface area contributed by atoms with Gasteiger partial charge in [-0.05, 0) is 31.0 Å². The van der Waals surface area contributed by atoms with Crippen molar-refractivity contribution >= 4 is 11.7 Å². The molecule has 5 nitrogen and oxygen atoms in total. The van der Waals surface area contributed by atoms with E-state index in [1.807, 2.05) is 0 Å². The molecular weight excluding hydrogens is 309 g/mol. The van der Waals surface area contributed by atoms with Gasteiger partial charge in [-0.3, -0.25) is 4.68 Å². The molecule has 0 bridgehead atoms. The van der Waals surface area contributed by atoms with Gasteiger partial charge in [0, 0.05) is 18.9 Å². The number of hydrogen-bond acceptors (Lipinski definition) is 2. The van der Waals surface area contributed by atoms with Crippen LogP contribution in [0, 0.1) is 17.5 Å². The first-order valence-corrected chi connectivity index (χ1v) is 7.25. The molecule has 1 aliphatic heterocycles. The molecule has 1 aromatic heterocycles. The maximum absolute atomic E-state index is 13.6. The second-order valence-corrected chi connectivity index (χ2v) is 5.37. The van der Waals surface area contributed by atoms with Gasteiger partial charge in [-0.2, -0.15) is 5.10 Å². The molecule has 2 aromatic rings. The summed E-state index contributed by atoms with van der Waals surface area (Å²) in [5.74, 6) is -4.29. The number of carbonyl (C=O) groups is 1. The first-order valence-electron chi connectivity index (χ1n) is 7.25. The van der Waals surface area contributed by atoms with Gasteiger partial charge in [0.1, 0.15) is 0 Å². The van der Waals surface area contributed by atoms with Crippen molar-refractivity contribution in [3.8, 4) is 0 Å². The van der Waals surface area contributed by atoms with E-state index < -0.39 is 23.5 Å². The molecule has 122 valence electrons. The average Bonchev–Trinajstić information content (AvgIpc) is 3.20. The molecule has 0 radical (unpaired) electrons. The van der Waals surface area contributed by atoms with Gasteiger partial charge < -0.3 is 10.2 Å². The first kappa shape index (κ1) is 15.4. The highest BCUT2D eigenvalue weighted by Gasteiger charge is 2.30. The lowest BCUT2D eigenvalue weighted by molar-refractivity contribution is 0.199. The molecule has 3 rings (SSSR count). The third-order valence-corrected chi connectivity index (χ3v) is 3.87. The maximum atomic E-state index is 13.6. The van der Waals surface area contributed by atoms with E-state index >= 15 is 0 Å². The Kier molecular flexibility index (Phi) is 4.22. The SMILES string of the molecule is O=C(Nc1ccc(F)c(F)c1F)N1CCC[C@@H]1Cn1cccn1. The predicted molar refractivity (Wildman–Crippen MR) is 77.3 cm³/mol. The normalized spacial score (nSPS) is 17.5. The summed E-state index contributed by atoms with van der Waals surface area (Å²) in [6, 6.07) is 2.95. The number of likely N-dealkylation sites (tertiary alicyclic amines) is 1. The molecule has 1 saturated heterocycles. The Bertz CT molecular complexity index is 705. The van der Waals surface area contributed by atoms with Crippen LogP contribution in [-0.2, 0) is 6.54 Å². The Morgan fingerprint density at radius 2 is 2.13 bits per heavy atom. The Labute approximate surface area is 130 Å². The van der Waals surface area contributed by atoms with Crippen LogP contribution in [0.3, 0.4) is 0 Å². The topological polar surface area (TPSA) is 50.2 Å². The van der Waals surface area contributed by atoms with Gasteiger partial charge in [-0.25, -0.2) is 18.0 Å². The zero-order valence-corrected chi connectivity index (χ0v) is 12.2. The molecule has 0 spiro atoms. The lowest BCUT2D eigenvalue weighted by Gasteiger charge is -2.25. The molecule has 23 heavy (non-hydrogen) atoms. The van der Waals surface area contributed by atoms with Gasteiger partial charge in [0.2, 0.25) is 0 Å². The summed E-state index contributed by atoms with van der Waals surface area (Å²) in [4.78, 5) is 13.9. The quantitative estimate of drug-likeness (QED) is 0.883. The van der Waals surface area contributed by atoms with Gasteiger partial charge in [-0.15, -0.1) is 0 Å². The van der Waals surface area contributed by atoms with Crippen LogP contribution in [0.15, 0.2) is 30.6 Å². The molecule has 2 heterocycles. The van der Waals surface area contributed by atoms with E-state index in [2.05, 4.69) is 10.4 Å². The van der Waals surface area contributed by atoms with Crippen LogP contribution in [-0.4, -0.2) is 33.3 Å². The van der Waals surface area contributed by atoms with Crippen molar-refractivity contribution in [2.45, 2.75) is 25.4 Å². The summed E-state index contributed by atoms with van der Waals surface area (Å²) in [6.07, 6.45) is 5.06. The lowest BCUT2D eigenvalue weighted by Crippen LogP contribution is -2.41. The summed E-state index contributed by atoms with van der Waals surface area (Å²) < 4.78 is 41.5. The smallest absolute Gasteiger partial charge is 0.320 e. The van der Waals surface area contributed by atoms with Crippen molar-refractivity contribution in [2.75, 3.05) is 11.9 Å². The zero-order valence-electron chi connectivity index (χ0n) is 12.2. The largest absolute Gasteiger partial charge is 0.322 e. The van der Waals surface area contributed by atoms with Crippen molar-refractivity contribution in [3.63, 3.8) is 0 Å². The number of benzene rings is 1. The number of carbonyl (C=O) groups excluding carboxylic acids is 1. The fourth-order valence-electron chi connectivity index (χ4n) is 2.73. The molecule has 1 N–H and O–H groups in total. The lowest BCUT2D eigenvalue weighted by atomic mass is 10.2. The third kappa shape index (κ3) is 3.15. The molecule has 0 unspecified atom stereocenters. The monoisotopic (exact) mass is 324 g/mol. The van der Waals surface area contributed by atoms with Crippen LogP contribution < -0.4 is 5.32 Å². The van der Waals surface area contributed by atoms with E-state index in [0.29, 0.717) is 13.1 Å². The zero-order chi connectivity index (χ0) is 16.4. The van der Waals surface area contributed by atoms with E-state index in [-0.39, 0.29) is 11.7 Å². The predicted octanol–water partition coefficient (Wildman–Crippen LogP) is 3.00. The number of anilines is 1. The van der Waals surface area contributed by atoms with Crippen LogP contribution >= 0.6 is 0 Å². The fourth-order valence-corrected chi connectivity index (χ4v) is 2.73. The number of nitrogens with one attached hydrogen (secondary N) is 1. The summed E-state index contributed by atoms with van der Waals surface area (Å²) in [6.45, 7) is 1.05. The van der Waals surface area contributed by atoms with Crippen LogP contribution in [0.2, 0.25) is 0 Å². The van der Waals surface area contributed by atoms with Crippen LogP contribution in [0.4, 0.5) is 23.7 Å². The summed E-state index contributed by atoms with van der Waals surface area (Å²) in [5.41, 5.74) is -0.376. The Balaban J connectivity index is 1.71. The number of urea groups is 1. The number of nitrogens with zero attached hydrogens (tertiary/aromatic N) is 3. The number of aromatic nitrogens is 2. The highest BCUT2D eigenvalue weighted by atomic mass is 19.2. The minimum Gasteiger partial charge on any atom is -0.320 e. The van der Waals surface area contributed by atoms with Gasteiger partial charge in [0.15, 0.2) is 17.5 Å². The Morgan fingerprint density at radius 3 is 2.87 bits per heavy atom. The molecule has 2 amide bonds. The average molecular weight is 324 g/mol. The highest BCUT2D eigenvalue weighted by Crippen LogP contribution is 2.23. The van der Waals surface area contributed by atoms with Gasteiger partial charge in [0.25, 0.3) is 0 Å². The molecule has 0 aliphatic carbocycles. The van der Waals surface area contributed by atoms with Crippen molar-refractivity contribution in [1.82, 2.24) is 14.7 Å². The van der Waals surface area contributed by atoms with Crippen molar-refractivity contribution < 1.29 is 18.0 Å². The molecule has 1 aromatic carbocycles. The third-order valence-electron chi connectivity index (χ3n) is 3.87. The Morgan fingerprint density at radius 1 is 1.30 bits per heavy atom. The van der Waals surface area contributed by atoms with E-state index in [1.54, 1.807) is 28.0 Å². The van der Waals surface area contributed by atoms with Crippen LogP contribution in [0.25, 0.3) is 0 Å².